The molecule has 134 valence electrons. The van der Waals surface area contributed by atoms with Crippen LogP contribution >= 0.6 is 0 Å². The first-order chi connectivity index (χ1) is 13.1. The van der Waals surface area contributed by atoms with Crippen LogP contribution in [-0.2, 0) is 0 Å². The van der Waals surface area contributed by atoms with Gasteiger partial charge in [-0.15, -0.1) is 0 Å². The van der Waals surface area contributed by atoms with E-state index in [2.05, 4.69) is 19.9 Å². The smallest absolute Gasteiger partial charge is 0.156 e. The van der Waals surface area contributed by atoms with Gasteiger partial charge in [0.2, 0.25) is 0 Å². The molecule has 6 heteroatoms. The molecule has 0 fully saturated rings. The summed E-state index contributed by atoms with van der Waals surface area (Å²) >= 11 is 0. The fraction of sp³-hybridized carbons (Fsp3) is 0.0952. The lowest BCUT2D eigenvalue weighted by Crippen LogP contribution is -2.07. The second-order valence-electron chi connectivity index (χ2n) is 6.39. The van der Waals surface area contributed by atoms with Gasteiger partial charge in [0.1, 0.15) is 11.5 Å². The van der Waals surface area contributed by atoms with Crippen LogP contribution in [0.4, 0.5) is 10.2 Å². The van der Waals surface area contributed by atoms with E-state index in [1.165, 1.54) is 12.1 Å². The third kappa shape index (κ3) is 3.42. The van der Waals surface area contributed by atoms with Gasteiger partial charge in [-0.2, -0.15) is 0 Å². The fourth-order valence-electron chi connectivity index (χ4n) is 2.96. The highest BCUT2D eigenvalue weighted by Gasteiger charge is 2.16. The Balaban J connectivity index is 1.93. The molecule has 4 rings (SSSR count). The van der Waals surface area contributed by atoms with Crippen LogP contribution in [0.15, 0.2) is 65.9 Å². The first-order valence-electron chi connectivity index (χ1n) is 8.51. The maximum Gasteiger partial charge on any atom is 0.156 e. The van der Waals surface area contributed by atoms with Crippen molar-refractivity contribution in [3.8, 4) is 22.4 Å². The Morgan fingerprint density at radius 3 is 2.41 bits per heavy atom. The van der Waals surface area contributed by atoms with Gasteiger partial charge in [0.25, 0.3) is 0 Å². The molecular weight excluding hydrogens is 341 g/mol. The number of rotatable bonds is 4. The van der Waals surface area contributed by atoms with Crippen LogP contribution < -0.4 is 0 Å². The Hall–Kier alpha value is -3.54. The fourth-order valence-corrected chi connectivity index (χ4v) is 2.96. The molecule has 0 saturated carbocycles. The zero-order valence-electron chi connectivity index (χ0n) is 15.0. The van der Waals surface area contributed by atoms with Crippen molar-refractivity contribution >= 4 is 23.2 Å². The van der Waals surface area contributed by atoms with Crippen molar-refractivity contribution < 1.29 is 4.39 Å². The summed E-state index contributed by atoms with van der Waals surface area (Å²) in [6.07, 6.45) is 5.22. The van der Waals surface area contributed by atoms with E-state index < -0.39 is 0 Å². The molecule has 3 aromatic heterocycles. The SMILES string of the molecule is CN(C)C=Nc1ccc2c(-c3ccncc3)c(-c3ccc(F)cc3)[nH]c2n1. The first kappa shape index (κ1) is 16.9. The lowest BCUT2D eigenvalue weighted by Gasteiger charge is -2.05. The molecule has 27 heavy (non-hydrogen) atoms. The number of nitrogens with zero attached hydrogens (tertiary/aromatic N) is 4. The Kier molecular flexibility index (Phi) is 4.38. The number of hydrogen-bond donors (Lipinski definition) is 1. The summed E-state index contributed by atoms with van der Waals surface area (Å²) in [6.45, 7) is 0. The highest BCUT2D eigenvalue weighted by molar-refractivity contribution is 6.02. The minimum absolute atomic E-state index is 0.265. The Labute approximate surface area is 156 Å². The Morgan fingerprint density at radius 2 is 1.70 bits per heavy atom. The molecule has 4 aromatic rings. The minimum atomic E-state index is -0.265. The van der Waals surface area contributed by atoms with Crippen LogP contribution in [0.2, 0.25) is 0 Å². The number of aliphatic imine (C=N–C) groups is 1. The van der Waals surface area contributed by atoms with Crippen LogP contribution in [0.3, 0.4) is 0 Å². The van der Waals surface area contributed by atoms with Crippen LogP contribution in [0.5, 0.6) is 0 Å². The van der Waals surface area contributed by atoms with Crippen molar-refractivity contribution in [1.29, 1.82) is 0 Å². The molecule has 1 N–H and O–H groups in total. The molecule has 3 heterocycles. The predicted octanol–water partition coefficient (Wildman–Crippen LogP) is 4.65. The van der Waals surface area contributed by atoms with Gasteiger partial charge in [0.05, 0.1) is 12.0 Å². The third-order valence-electron chi connectivity index (χ3n) is 4.17. The van der Waals surface area contributed by atoms with Gasteiger partial charge >= 0.3 is 0 Å². The average molecular weight is 359 g/mol. The van der Waals surface area contributed by atoms with Crippen LogP contribution in [0, 0.1) is 5.82 Å². The predicted molar refractivity (Wildman–Crippen MR) is 107 cm³/mol. The monoisotopic (exact) mass is 359 g/mol. The van der Waals surface area contributed by atoms with Crippen molar-refractivity contribution in [2.45, 2.75) is 0 Å². The number of nitrogens with one attached hydrogen (secondary N) is 1. The van der Waals surface area contributed by atoms with Crippen molar-refractivity contribution in [2.75, 3.05) is 14.1 Å². The lowest BCUT2D eigenvalue weighted by molar-refractivity contribution is 0.628. The molecule has 1 aromatic carbocycles. The van der Waals surface area contributed by atoms with Crippen LogP contribution in [0.1, 0.15) is 0 Å². The molecule has 0 aliphatic rings. The normalized spacial score (nSPS) is 11.4. The Bertz CT molecular complexity index is 1100. The summed E-state index contributed by atoms with van der Waals surface area (Å²) in [7, 11) is 3.82. The van der Waals surface area contributed by atoms with E-state index in [0.717, 1.165) is 33.4 Å². The van der Waals surface area contributed by atoms with E-state index in [1.54, 1.807) is 30.9 Å². The topological polar surface area (TPSA) is 57.2 Å². The first-order valence-corrected chi connectivity index (χ1v) is 8.51. The second kappa shape index (κ2) is 6.99. The summed E-state index contributed by atoms with van der Waals surface area (Å²) in [4.78, 5) is 18.3. The molecule has 0 unspecified atom stereocenters. The number of fused-ring (bicyclic) bond motifs is 1. The maximum atomic E-state index is 13.4. The molecular formula is C21H18FN5. The second-order valence-corrected chi connectivity index (χ2v) is 6.39. The third-order valence-corrected chi connectivity index (χ3v) is 4.17. The van der Waals surface area contributed by atoms with E-state index in [-0.39, 0.29) is 5.82 Å². The van der Waals surface area contributed by atoms with Gasteiger partial charge < -0.3 is 9.88 Å². The number of benzene rings is 1. The molecule has 0 aliphatic carbocycles. The summed E-state index contributed by atoms with van der Waals surface area (Å²) in [5, 5.41) is 0.976. The Morgan fingerprint density at radius 1 is 0.963 bits per heavy atom. The highest BCUT2D eigenvalue weighted by atomic mass is 19.1. The molecule has 0 atom stereocenters. The molecule has 0 radical (unpaired) electrons. The number of H-pyrrole nitrogens is 1. The van der Waals surface area contributed by atoms with E-state index in [9.17, 15) is 4.39 Å². The summed E-state index contributed by atoms with van der Waals surface area (Å²) in [6, 6.07) is 14.2. The standard InChI is InChI=1S/C21H18FN5/c1-27(2)13-24-18-8-7-17-19(14-9-11-23-12-10-14)20(26-21(17)25-18)15-3-5-16(22)6-4-15/h3-13H,1-2H3,(H,25,26). The summed E-state index contributed by atoms with van der Waals surface area (Å²) in [5.41, 5.74) is 4.53. The molecule has 0 saturated heterocycles. The van der Waals surface area contributed by atoms with E-state index in [4.69, 9.17) is 0 Å². The molecule has 0 aliphatic heterocycles. The van der Waals surface area contributed by atoms with Gasteiger partial charge in [0, 0.05) is 37.4 Å². The number of halogens is 1. The van der Waals surface area contributed by atoms with Gasteiger partial charge in [0.15, 0.2) is 5.82 Å². The van der Waals surface area contributed by atoms with Crippen molar-refractivity contribution in [3.05, 3.63) is 66.7 Å². The summed E-state index contributed by atoms with van der Waals surface area (Å²) < 4.78 is 13.4. The maximum absolute atomic E-state index is 13.4. The van der Waals surface area contributed by atoms with Crippen LogP contribution in [0.25, 0.3) is 33.4 Å². The van der Waals surface area contributed by atoms with E-state index in [1.807, 2.05) is 43.3 Å². The van der Waals surface area contributed by atoms with Gasteiger partial charge in [-0.3, -0.25) is 4.98 Å². The summed E-state index contributed by atoms with van der Waals surface area (Å²) in [5.74, 6) is 0.350. The molecule has 0 bridgehead atoms. The number of aromatic amines is 1. The lowest BCUT2D eigenvalue weighted by atomic mass is 10.00. The van der Waals surface area contributed by atoms with Crippen molar-refractivity contribution in [1.82, 2.24) is 19.9 Å². The zero-order chi connectivity index (χ0) is 18.8. The minimum Gasteiger partial charge on any atom is -0.369 e. The van der Waals surface area contributed by atoms with Gasteiger partial charge in [-0.05, 0) is 59.7 Å². The number of aromatic nitrogens is 3. The van der Waals surface area contributed by atoms with Crippen LogP contribution in [-0.4, -0.2) is 40.3 Å². The molecule has 0 spiro atoms. The van der Waals surface area contributed by atoms with E-state index in [0.29, 0.717) is 5.82 Å². The average Bonchev–Trinajstić information content (AvgIpc) is 3.06. The molecule has 5 nitrogen and oxygen atoms in total. The van der Waals surface area contributed by atoms with Crippen molar-refractivity contribution in [2.24, 2.45) is 4.99 Å². The number of hydrogen-bond acceptors (Lipinski definition) is 3. The van der Waals surface area contributed by atoms with Gasteiger partial charge in [-0.25, -0.2) is 14.4 Å². The zero-order valence-corrected chi connectivity index (χ0v) is 15.0. The largest absolute Gasteiger partial charge is 0.369 e. The van der Waals surface area contributed by atoms with E-state index >= 15 is 0 Å². The van der Waals surface area contributed by atoms with Gasteiger partial charge in [-0.1, -0.05) is 0 Å². The van der Waals surface area contributed by atoms with Crippen molar-refractivity contribution in [3.63, 3.8) is 0 Å². The highest BCUT2D eigenvalue weighted by Crippen LogP contribution is 2.38. The molecule has 0 amide bonds. The number of pyridine rings is 2. The quantitative estimate of drug-likeness (QED) is 0.426.